The van der Waals surface area contributed by atoms with Gasteiger partial charge in [-0.2, -0.15) is 0 Å². The van der Waals surface area contributed by atoms with E-state index in [-0.39, 0.29) is 24.3 Å². The van der Waals surface area contributed by atoms with E-state index in [0.717, 1.165) is 30.2 Å². The van der Waals surface area contributed by atoms with Crippen LogP contribution in [0.4, 0.5) is 5.82 Å². The van der Waals surface area contributed by atoms with Gasteiger partial charge in [0.2, 0.25) is 5.91 Å². The molecule has 1 amide bonds. The lowest BCUT2D eigenvalue weighted by Gasteiger charge is -2.44. The van der Waals surface area contributed by atoms with E-state index in [0.29, 0.717) is 51.6 Å². The highest BCUT2D eigenvalue weighted by Crippen LogP contribution is 2.41. The maximum Gasteiger partial charge on any atom is 0.236 e. The summed E-state index contributed by atoms with van der Waals surface area (Å²) in [6.45, 7) is 9.97. The van der Waals surface area contributed by atoms with Gasteiger partial charge in [0, 0.05) is 43.7 Å². The Kier molecular flexibility index (Phi) is 7.69. The van der Waals surface area contributed by atoms with Gasteiger partial charge in [-0.1, -0.05) is 50.2 Å². The van der Waals surface area contributed by atoms with Crippen LogP contribution in [-0.2, 0) is 19.1 Å². The summed E-state index contributed by atoms with van der Waals surface area (Å²) in [6.07, 6.45) is 1.93. The number of ether oxygens (including phenoxy) is 2. The Bertz CT molecular complexity index is 1140. The molecule has 3 saturated heterocycles. The van der Waals surface area contributed by atoms with Crippen molar-refractivity contribution in [1.82, 2.24) is 14.8 Å². The first kappa shape index (κ1) is 25.6. The number of ketones is 1. The molecule has 0 saturated carbocycles. The van der Waals surface area contributed by atoms with E-state index in [9.17, 15) is 9.59 Å². The van der Waals surface area contributed by atoms with Crippen LogP contribution in [0.15, 0.2) is 54.1 Å². The normalized spacial score (nSPS) is 23.9. The lowest BCUT2D eigenvalue weighted by molar-refractivity contribution is -0.140. The monoisotopic (exact) mass is 504 g/mol. The fourth-order valence-corrected chi connectivity index (χ4v) is 5.43. The van der Waals surface area contributed by atoms with Gasteiger partial charge in [0.25, 0.3) is 0 Å². The fraction of sp³-hybridized carbons (Fsp3) is 0.483. The van der Waals surface area contributed by atoms with Gasteiger partial charge in [-0.25, -0.2) is 4.98 Å². The predicted octanol–water partition coefficient (Wildman–Crippen LogP) is 2.81. The summed E-state index contributed by atoms with van der Waals surface area (Å²) in [4.78, 5) is 38.3. The first-order valence-electron chi connectivity index (χ1n) is 13.1. The summed E-state index contributed by atoms with van der Waals surface area (Å²) in [5.41, 5.74) is 1.77. The number of nitrogens with zero attached hydrogens (tertiary/aromatic N) is 4. The van der Waals surface area contributed by atoms with E-state index >= 15 is 0 Å². The third kappa shape index (κ3) is 5.76. The number of amides is 1. The molecule has 3 aliphatic rings. The van der Waals surface area contributed by atoms with Crippen molar-refractivity contribution in [3.8, 4) is 0 Å². The Hall–Kier alpha value is -3.07. The minimum absolute atomic E-state index is 0.0705. The number of Topliss-reactive ketones (excluding diaryl/α,β-unsaturated/α-hetero) is 1. The zero-order valence-corrected chi connectivity index (χ0v) is 21.8. The van der Waals surface area contributed by atoms with Gasteiger partial charge >= 0.3 is 0 Å². The number of likely N-dealkylation sites (tertiary alicyclic amines) is 1. The van der Waals surface area contributed by atoms with Crippen molar-refractivity contribution in [2.24, 2.45) is 5.41 Å². The molecule has 0 bridgehead atoms. The van der Waals surface area contributed by atoms with Gasteiger partial charge < -0.3 is 19.3 Å². The third-order valence-corrected chi connectivity index (χ3v) is 7.35. The molecule has 196 valence electrons. The van der Waals surface area contributed by atoms with Gasteiger partial charge in [-0.15, -0.1) is 0 Å². The fourth-order valence-electron chi connectivity index (χ4n) is 5.43. The van der Waals surface area contributed by atoms with E-state index in [2.05, 4.69) is 9.80 Å². The number of pyridine rings is 1. The molecule has 8 heteroatoms. The number of carbonyl (C=O) groups is 2. The van der Waals surface area contributed by atoms with E-state index in [1.54, 1.807) is 0 Å². The standard InChI is InChI=1S/C29H36N4O4/c1-29(2)21-33(20-26(34)32-13-17-37-18-14-32)27(22-7-4-3-5-8-22)24(28(29)35)19-23-9-6-10-25(30-23)31-11-15-36-16-12-31/h3-10,19,27H,11-18,20-21H2,1-2H3/b24-19-. The van der Waals surface area contributed by atoms with E-state index in [4.69, 9.17) is 14.5 Å². The first-order chi connectivity index (χ1) is 17.9. The predicted molar refractivity (Wildman–Crippen MR) is 142 cm³/mol. The summed E-state index contributed by atoms with van der Waals surface area (Å²) >= 11 is 0. The maximum absolute atomic E-state index is 13.9. The SMILES string of the molecule is CC1(C)CN(CC(=O)N2CCOCC2)C(c2ccccc2)/C(=C/c2cccc(N3CCOCC3)n2)C1=O. The molecule has 37 heavy (non-hydrogen) atoms. The summed E-state index contributed by atoms with van der Waals surface area (Å²) in [7, 11) is 0. The van der Waals surface area contributed by atoms with E-state index in [1.165, 1.54) is 0 Å². The highest BCUT2D eigenvalue weighted by molar-refractivity contribution is 6.05. The molecule has 1 atom stereocenters. The second-order valence-corrected chi connectivity index (χ2v) is 10.5. The van der Waals surface area contributed by atoms with Crippen LogP contribution in [0.25, 0.3) is 6.08 Å². The van der Waals surface area contributed by atoms with Crippen LogP contribution in [0.2, 0.25) is 0 Å². The lowest BCUT2D eigenvalue weighted by Crippen LogP contribution is -2.53. The zero-order valence-electron chi connectivity index (χ0n) is 21.8. The molecule has 1 unspecified atom stereocenters. The van der Waals surface area contributed by atoms with E-state index in [1.807, 2.05) is 73.4 Å². The van der Waals surface area contributed by atoms with Crippen molar-refractivity contribution in [1.29, 1.82) is 0 Å². The minimum atomic E-state index is -0.635. The van der Waals surface area contributed by atoms with Crippen LogP contribution in [0.3, 0.4) is 0 Å². The van der Waals surface area contributed by atoms with Crippen LogP contribution in [-0.4, -0.2) is 92.2 Å². The number of anilines is 1. The number of carbonyl (C=O) groups excluding carboxylic acids is 2. The maximum atomic E-state index is 13.9. The molecule has 0 radical (unpaired) electrons. The number of hydrogen-bond acceptors (Lipinski definition) is 7. The lowest BCUT2D eigenvalue weighted by atomic mass is 9.74. The largest absolute Gasteiger partial charge is 0.378 e. The van der Waals surface area contributed by atoms with Crippen molar-refractivity contribution in [2.75, 3.05) is 70.6 Å². The highest BCUT2D eigenvalue weighted by Gasteiger charge is 2.44. The number of hydrogen-bond donors (Lipinski definition) is 0. The van der Waals surface area contributed by atoms with Crippen molar-refractivity contribution in [3.63, 3.8) is 0 Å². The molecule has 0 N–H and O–H groups in total. The molecule has 1 aromatic heterocycles. The van der Waals surface area contributed by atoms with Crippen LogP contribution in [0, 0.1) is 5.41 Å². The number of piperidine rings is 1. The Morgan fingerprint density at radius 2 is 1.65 bits per heavy atom. The van der Waals surface area contributed by atoms with Crippen LogP contribution in [0.5, 0.6) is 0 Å². The quantitative estimate of drug-likeness (QED) is 0.580. The Balaban J connectivity index is 1.51. The summed E-state index contributed by atoms with van der Waals surface area (Å²) in [5, 5.41) is 0. The molecule has 5 rings (SSSR count). The number of aromatic nitrogens is 1. The minimum Gasteiger partial charge on any atom is -0.378 e. The van der Waals surface area contributed by atoms with Crippen LogP contribution >= 0.6 is 0 Å². The molecular weight excluding hydrogens is 468 g/mol. The van der Waals surface area contributed by atoms with Gasteiger partial charge in [0.1, 0.15) is 5.82 Å². The average Bonchev–Trinajstić information content (AvgIpc) is 2.93. The number of rotatable bonds is 5. The zero-order chi connectivity index (χ0) is 25.8. The van der Waals surface area contributed by atoms with Crippen LogP contribution < -0.4 is 4.90 Å². The average molecular weight is 505 g/mol. The van der Waals surface area contributed by atoms with Crippen molar-refractivity contribution >= 4 is 23.6 Å². The second kappa shape index (κ2) is 11.1. The van der Waals surface area contributed by atoms with E-state index < -0.39 is 5.41 Å². The highest BCUT2D eigenvalue weighted by atomic mass is 16.5. The molecule has 4 heterocycles. The number of morpholine rings is 2. The first-order valence-corrected chi connectivity index (χ1v) is 13.1. The Labute approximate surface area is 218 Å². The molecule has 3 fully saturated rings. The van der Waals surface area contributed by atoms with Gasteiger partial charge in [0.15, 0.2) is 5.78 Å². The van der Waals surface area contributed by atoms with Crippen molar-refractivity contribution in [3.05, 3.63) is 65.4 Å². The Morgan fingerprint density at radius 3 is 2.35 bits per heavy atom. The summed E-state index contributed by atoms with van der Waals surface area (Å²) < 4.78 is 10.9. The summed E-state index contributed by atoms with van der Waals surface area (Å²) in [6, 6.07) is 15.6. The molecule has 0 aliphatic carbocycles. The molecule has 8 nitrogen and oxygen atoms in total. The van der Waals surface area contributed by atoms with Gasteiger partial charge in [0.05, 0.1) is 44.7 Å². The summed E-state index contributed by atoms with van der Waals surface area (Å²) in [5.74, 6) is 1.05. The van der Waals surface area contributed by atoms with Gasteiger partial charge in [-0.05, 0) is 23.8 Å². The second-order valence-electron chi connectivity index (χ2n) is 10.5. The molecule has 0 spiro atoms. The smallest absolute Gasteiger partial charge is 0.236 e. The Morgan fingerprint density at radius 1 is 0.973 bits per heavy atom. The molecule has 2 aromatic rings. The third-order valence-electron chi connectivity index (χ3n) is 7.35. The van der Waals surface area contributed by atoms with Crippen molar-refractivity contribution < 1.29 is 19.1 Å². The molecule has 1 aromatic carbocycles. The topological polar surface area (TPSA) is 75.2 Å². The number of benzene rings is 1. The molecule has 3 aliphatic heterocycles. The van der Waals surface area contributed by atoms with Crippen LogP contribution in [0.1, 0.15) is 31.1 Å². The van der Waals surface area contributed by atoms with Crippen molar-refractivity contribution in [2.45, 2.75) is 19.9 Å². The molecular formula is C29H36N4O4. The van der Waals surface area contributed by atoms with Gasteiger partial charge in [-0.3, -0.25) is 14.5 Å².